The monoisotopic (exact) mass is 340 g/mol. The van der Waals surface area contributed by atoms with Gasteiger partial charge >= 0.3 is 13.8 Å². The van der Waals surface area contributed by atoms with Crippen LogP contribution in [0.1, 0.15) is 44.7 Å². The van der Waals surface area contributed by atoms with Gasteiger partial charge in [-0.05, 0) is 33.8 Å². The number of alkyl halides is 3. The molecule has 22 heavy (non-hydrogen) atoms. The first-order valence-corrected chi connectivity index (χ1v) is 8.39. The van der Waals surface area contributed by atoms with E-state index in [1.54, 1.807) is 27.7 Å². The molecule has 1 N–H and O–H groups in total. The molecule has 1 rings (SSSR count). The third-order valence-corrected chi connectivity index (χ3v) is 4.87. The molecule has 0 amide bonds. The van der Waals surface area contributed by atoms with E-state index >= 15 is 0 Å². The lowest BCUT2D eigenvalue weighted by atomic mass is 10.1. The minimum atomic E-state index is -4.68. The summed E-state index contributed by atoms with van der Waals surface area (Å²) in [5.74, 6) is -2.02. The van der Waals surface area contributed by atoms with E-state index in [2.05, 4.69) is 0 Å². The number of halogens is 3. The summed E-state index contributed by atoms with van der Waals surface area (Å²) < 4.78 is 62.2. The van der Waals surface area contributed by atoms with Crippen LogP contribution in [0.15, 0.2) is 24.3 Å². The highest BCUT2D eigenvalue weighted by Gasteiger charge is 2.43. The normalized spacial score (nSPS) is 14.6. The molecule has 0 bridgehead atoms. The predicted molar refractivity (Wildman–Crippen MR) is 76.5 cm³/mol. The van der Waals surface area contributed by atoms with Gasteiger partial charge in [0, 0.05) is 5.56 Å². The summed E-state index contributed by atoms with van der Waals surface area (Å²) in [5, 5.41) is 10.3. The molecule has 0 spiro atoms. The van der Waals surface area contributed by atoms with Gasteiger partial charge in [0.25, 0.3) is 0 Å². The highest BCUT2D eigenvalue weighted by Crippen LogP contribution is 2.62. The van der Waals surface area contributed by atoms with E-state index in [4.69, 9.17) is 9.05 Å². The Hall–Kier alpha value is -0.880. The molecule has 0 aliphatic heterocycles. The zero-order chi connectivity index (χ0) is 17.1. The highest BCUT2D eigenvalue weighted by molar-refractivity contribution is 7.54. The Balaban J connectivity index is 3.31. The van der Waals surface area contributed by atoms with Gasteiger partial charge in [-0.2, -0.15) is 13.2 Å². The standard InChI is InChI=1S/C14H20F3O4P/c1-9(2)20-22(19,21-10(3)4)13(18)11-7-5-6-8-12(11)14(15,16)17/h5-10,13,18H,1-4H3. The molecule has 0 aromatic heterocycles. The molecule has 0 fully saturated rings. The molecule has 0 aliphatic rings. The summed E-state index contributed by atoms with van der Waals surface area (Å²) in [7, 11) is -4.19. The molecule has 4 nitrogen and oxygen atoms in total. The lowest BCUT2D eigenvalue weighted by molar-refractivity contribution is -0.138. The molecular formula is C14H20F3O4P. The molecule has 126 valence electrons. The third-order valence-electron chi connectivity index (χ3n) is 2.56. The maximum atomic E-state index is 13.0. The molecule has 1 aromatic carbocycles. The van der Waals surface area contributed by atoms with E-state index in [1.165, 1.54) is 12.1 Å². The Labute approximate surface area is 127 Å². The molecule has 0 aliphatic carbocycles. The average molecular weight is 340 g/mol. The molecule has 0 radical (unpaired) electrons. The first kappa shape index (κ1) is 19.2. The van der Waals surface area contributed by atoms with Crippen molar-refractivity contribution in [2.45, 2.75) is 51.9 Å². The summed E-state index contributed by atoms with van der Waals surface area (Å²) in [6.07, 6.45) is -5.85. The average Bonchev–Trinajstić information content (AvgIpc) is 2.34. The second kappa shape index (κ2) is 7.13. The largest absolute Gasteiger partial charge is 0.416 e. The van der Waals surface area contributed by atoms with Crippen LogP contribution >= 0.6 is 7.60 Å². The fourth-order valence-electron chi connectivity index (χ4n) is 1.88. The maximum Gasteiger partial charge on any atom is 0.416 e. The van der Waals surface area contributed by atoms with Crippen molar-refractivity contribution in [1.82, 2.24) is 0 Å². The van der Waals surface area contributed by atoms with Gasteiger partial charge in [0.2, 0.25) is 0 Å². The number of benzene rings is 1. The van der Waals surface area contributed by atoms with Crippen molar-refractivity contribution in [2.75, 3.05) is 0 Å². The lowest BCUT2D eigenvalue weighted by Crippen LogP contribution is -2.17. The van der Waals surface area contributed by atoms with Crippen LogP contribution in [0.4, 0.5) is 13.2 Å². The van der Waals surface area contributed by atoms with Crippen molar-refractivity contribution in [3.8, 4) is 0 Å². The molecule has 1 unspecified atom stereocenters. The first-order chi connectivity index (χ1) is 9.97. The molecule has 0 saturated heterocycles. The van der Waals surface area contributed by atoms with Crippen LogP contribution < -0.4 is 0 Å². The van der Waals surface area contributed by atoms with Crippen molar-refractivity contribution in [3.63, 3.8) is 0 Å². The van der Waals surface area contributed by atoms with Gasteiger partial charge in [0.1, 0.15) is 0 Å². The van der Waals surface area contributed by atoms with Gasteiger partial charge in [0.05, 0.1) is 17.8 Å². The zero-order valence-electron chi connectivity index (χ0n) is 12.8. The van der Waals surface area contributed by atoms with Crippen LogP contribution in [0.5, 0.6) is 0 Å². The Morgan fingerprint density at radius 1 is 1.05 bits per heavy atom. The van der Waals surface area contributed by atoms with Crippen molar-refractivity contribution < 1.29 is 31.9 Å². The van der Waals surface area contributed by atoms with Gasteiger partial charge < -0.3 is 14.2 Å². The summed E-state index contributed by atoms with van der Waals surface area (Å²) >= 11 is 0. The fourth-order valence-corrected chi connectivity index (χ4v) is 3.90. The van der Waals surface area contributed by atoms with E-state index in [-0.39, 0.29) is 0 Å². The molecule has 1 aromatic rings. The zero-order valence-corrected chi connectivity index (χ0v) is 13.7. The Morgan fingerprint density at radius 3 is 1.91 bits per heavy atom. The third kappa shape index (κ3) is 4.81. The van der Waals surface area contributed by atoms with Crippen LogP contribution in [-0.4, -0.2) is 17.3 Å². The maximum absolute atomic E-state index is 13.0. The van der Waals surface area contributed by atoms with Crippen LogP contribution in [0, 0.1) is 0 Å². The number of rotatable bonds is 6. The van der Waals surface area contributed by atoms with E-state index in [0.29, 0.717) is 0 Å². The first-order valence-electron chi connectivity index (χ1n) is 6.78. The SMILES string of the molecule is CC(C)OP(=O)(OC(C)C)C(O)c1ccccc1C(F)(F)F. The minimum absolute atomic E-state index is 0.528. The summed E-state index contributed by atoms with van der Waals surface area (Å²) in [4.78, 5) is 0. The van der Waals surface area contributed by atoms with Crippen LogP contribution in [0.2, 0.25) is 0 Å². The number of hydrogen-bond donors (Lipinski definition) is 1. The number of hydrogen-bond acceptors (Lipinski definition) is 4. The molecular weight excluding hydrogens is 320 g/mol. The molecule has 1 atom stereocenters. The van der Waals surface area contributed by atoms with Gasteiger partial charge in [-0.15, -0.1) is 0 Å². The quantitative estimate of drug-likeness (QED) is 0.760. The topological polar surface area (TPSA) is 55.8 Å². The second-order valence-corrected chi connectivity index (χ2v) is 7.30. The molecule has 0 saturated carbocycles. The van der Waals surface area contributed by atoms with Gasteiger partial charge in [-0.25, -0.2) is 0 Å². The predicted octanol–water partition coefficient (Wildman–Crippen LogP) is 4.74. The lowest BCUT2D eigenvalue weighted by Gasteiger charge is -2.28. The fraction of sp³-hybridized carbons (Fsp3) is 0.571. The van der Waals surface area contributed by atoms with E-state index < -0.39 is 43.0 Å². The molecule has 8 heteroatoms. The summed E-state index contributed by atoms with van der Waals surface area (Å²) in [6.45, 7) is 6.22. The number of aliphatic hydroxyl groups excluding tert-OH is 1. The van der Waals surface area contributed by atoms with Gasteiger partial charge in [0.15, 0.2) is 5.85 Å². The Morgan fingerprint density at radius 2 is 1.50 bits per heavy atom. The highest BCUT2D eigenvalue weighted by atomic mass is 31.2. The van der Waals surface area contributed by atoms with Gasteiger partial charge in [-0.3, -0.25) is 4.57 Å². The molecule has 0 heterocycles. The van der Waals surface area contributed by atoms with Crippen molar-refractivity contribution in [3.05, 3.63) is 35.4 Å². The smallest absolute Gasteiger partial charge is 0.376 e. The van der Waals surface area contributed by atoms with E-state index in [1.807, 2.05) is 0 Å². The van der Waals surface area contributed by atoms with Crippen LogP contribution in [0.25, 0.3) is 0 Å². The van der Waals surface area contributed by atoms with Crippen molar-refractivity contribution in [1.29, 1.82) is 0 Å². The Kier molecular flexibility index (Phi) is 6.21. The number of aliphatic hydroxyl groups is 1. The van der Waals surface area contributed by atoms with Crippen LogP contribution in [-0.2, 0) is 19.8 Å². The van der Waals surface area contributed by atoms with Gasteiger partial charge in [-0.1, -0.05) is 18.2 Å². The summed E-state index contributed by atoms with van der Waals surface area (Å²) in [5.41, 5.74) is -1.60. The van der Waals surface area contributed by atoms with Crippen molar-refractivity contribution >= 4 is 7.60 Å². The Bertz CT molecular complexity index is 529. The summed E-state index contributed by atoms with van der Waals surface area (Å²) in [6, 6.07) is 4.39. The minimum Gasteiger partial charge on any atom is -0.376 e. The second-order valence-electron chi connectivity index (χ2n) is 5.31. The van der Waals surface area contributed by atoms with Crippen LogP contribution in [0.3, 0.4) is 0 Å². The van der Waals surface area contributed by atoms with E-state index in [0.717, 1.165) is 12.1 Å². The van der Waals surface area contributed by atoms with Crippen molar-refractivity contribution in [2.24, 2.45) is 0 Å². The van der Waals surface area contributed by atoms with E-state index in [9.17, 15) is 22.8 Å².